The van der Waals surface area contributed by atoms with Crippen molar-refractivity contribution in [3.8, 4) is 0 Å². The molecular formula is C15H30N2O. The Bertz CT molecular complexity index is 251. The van der Waals surface area contributed by atoms with Gasteiger partial charge in [-0.3, -0.25) is 0 Å². The second-order valence-electron chi connectivity index (χ2n) is 6.68. The van der Waals surface area contributed by atoms with Crippen molar-refractivity contribution in [1.29, 1.82) is 0 Å². The number of nitrogens with zero attached hydrogens (tertiary/aromatic N) is 1. The minimum Gasteiger partial charge on any atom is -0.370 e. The Hall–Kier alpha value is -0.120. The predicted octanol–water partition coefficient (Wildman–Crippen LogP) is 2.27. The highest BCUT2D eigenvalue weighted by molar-refractivity contribution is 4.92. The topological polar surface area (TPSA) is 24.5 Å². The fourth-order valence-corrected chi connectivity index (χ4v) is 3.05. The van der Waals surface area contributed by atoms with Crippen LogP contribution in [0.25, 0.3) is 0 Å². The molecule has 2 aliphatic rings. The van der Waals surface area contributed by atoms with E-state index >= 15 is 0 Å². The summed E-state index contributed by atoms with van der Waals surface area (Å²) in [6, 6.07) is 0. The highest BCUT2D eigenvalue weighted by Gasteiger charge is 2.40. The molecule has 2 rings (SSSR count). The van der Waals surface area contributed by atoms with Crippen molar-refractivity contribution in [2.45, 2.75) is 57.7 Å². The summed E-state index contributed by atoms with van der Waals surface area (Å²) in [4.78, 5) is 2.38. The first kappa shape index (κ1) is 14.3. The molecule has 18 heavy (non-hydrogen) atoms. The SMILES string of the molecule is CC(C)CNCCC1(OC2CCN(C)C2)CCC1. The summed E-state index contributed by atoms with van der Waals surface area (Å²) in [6.07, 6.45) is 6.80. The maximum Gasteiger partial charge on any atom is 0.0721 e. The third-order valence-electron chi connectivity index (χ3n) is 4.34. The van der Waals surface area contributed by atoms with E-state index in [1.807, 2.05) is 0 Å². The molecule has 0 radical (unpaired) electrons. The minimum atomic E-state index is 0.222. The van der Waals surface area contributed by atoms with E-state index in [0.717, 1.165) is 25.6 Å². The van der Waals surface area contributed by atoms with Crippen molar-refractivity contribution in [2.24, 2.45) is 5.92 Å². The van der Waals surface area contributed by atoms with E-state index in [1.165, 1.54) is 38.6 Å². The van der Waals surface area contributed by atoms with Crippen LogP contribution >= 0.6 is 0 Å². The molecule has 0 aromatic heterocycles. The van der Waals surface area contributed by atoms with Crippen LogP contribution in [-0.4, -0.2) is 49.8 Å². The standard InChI is InChI=1S/C15H30N2O/c1-13(2)11-16-9-8-15(6-4-7-15)18-14-5-10-17(3)12-14/h13-14,16H,4-12H2,1-3H3. The number of hydrogen-bond acceptors (Lipinski definition) is 3. The first-order valence-corrected chi connectivity index (χ1v) is 7.67. The van der Waals surface area contributed by atoms with E-state index in [2.05, 4.69) is 31.1 Å². The van der Waals surface area contributed by atoms with Gasteiger partial charge in [0.25, 0.3) is 0 Å². The molecule has 0 spiro atoms. The van der Waals surface area contributed by atoms with Crippen LogP contribution in [0.1, 0.15) is 46.0 Å². The van der Waals surface area contributed by atoms with Crippen molar-refractivity contribution in [2.75, 3.05) is 33.2 Å². The van der Waals surface area contributed by atoms with Crippen molar-refractivity contribution in [3.05, 3.63) is 0 Å². The minimum absolute atomic E-state index is 0.222. The average molecular weight is 254 g/mol. The first-order valence-electron chi connectivity index (χ1n) is 7.67. The summed E-state index contributed by atoms with van der Waals surface area (Å²) in [6.45, 7) is 9.09. The number of rotatable bonds is 7. The van der Waals surface area contributed by atoms with Gasteiger partial charge in [0, 0.05) is 13.1 Å². The summed E-state index contributed by atoms with van der Waals surface area (Å²) in [5, 5.41) is 3.55. The largest absolute Gasteiger partial charge is 0.370 e. The predicted molar refractivity (Wildman–Crippen MR) is 75.9 cm³/mol. The van der Waals surface area contributed by atoms with E-state index < -0.39 is 0 Å². The van der Waals surface area contributed by atoms with Crippen LogP contribution in [0.15, 0.2) is 0 Å². The first-order chi connectivity index (χ1) is 8.60. The molecule has 106 valence electrons. The number of likely N-dealkylation sites (tertiary alicyclic amines) is 1. The van der Waals surface area contributed by atoms with E-state index in [4.69, 9.17) is 4.74 Å². The molecule has 1 aliphatic heterocycles. The Kier molecular flexibility index (Phi) is 5.05. The van der Waals surface area contributed by atoms with Gasteiger partial charge in [0.2, 0.25) is 0 Å². The number of nitrogens with one attached hydrogen (secondary N) is 1. The normalized spacial score (nSPS) is 27.7. The lowest BCUT2D eigenvalue weighted by Gasteiger charge is -2.44. The van der Waals surface area contributed by atoms with Crippen molar-refractivity contribution in [3.63, 3.8) is 0 Å². The molecule has 2 fully saturated rings. The van der Waals surface area contributed by atoms with Gasteiger partial charge < -0.3 is 15.0 Å². The summed E-state index contributed by atoms with van der Waals surface area (Å²) in [5.74, 6) is 0.742. The van der Waals surface area contributed by atoms with Crippen molar-refractivity contribution >= 4 is 0 Å². The van der Waals surface area contributed by atoms with Crippen molar-refractivity contribution < 1.29 is 4.74 Å². The summed E-state index contributed by atoms with van der Waals surface area (Å²) in [5.41, 5.74) is 0.222. The molecule has 3 heteroatoms. The van der Waals surface area contributed by atoms with Gasteiger partial charge in [-0.1, -0.05) is 13.8 Å². The quantitative estimate of drug-likeness (QED) is 0.705. The van der Waals surface area contributed by atoms with E-state index in [0.29, 0.717) is 6.10 Å². The van der Waals surface area contributed by atoms with Gasteiger partial charge in [0.1, 0.15) is 0 Å². The maximum atomic E-state index is 6.43. The lowest BCUT2D eigenvalue weighted by Crippen LogP contribution is -2.45. The molecule has 1 saturated carbocycles. The number of ether oxygens (including phenoxy) is 1. The molecule has 1 N–H and O–H groups in total. The second kappa shape index (κ2) is 6.36. The Morgan fingerprint density at radius 2 is 2.17 bits per heavy atom. The van der Waals surface area contributed by atoms with Crippen LogP contribution in [-0.2, 0) is 4.74 Å². The van der Waals surface area contributed by atoms with Gasteiger partial charge in [0.05, 0.1) is 11.7 Å². The van der Waals surface area contributed by atoms with Gasteiger partial charge in [-0.15, -0.1) is 0 Å². The highest BCUT2D eigenvalue weighted by Crippen LogP contribution is 2.40. The second-order valence-corrected chi connectivity index (χ2v) is 6.68. The Morgan fingerprint density at radius 1 is 1.39 bits per heavy atom. The molecule has 0 aromatic rings. The summed E-state index contributed by atoms with van der Waals surface area (Å²) < 4.78 is 6.43. The van der Waals surface area contributed by atoms with Crippen LogP contribution in [0.5, 0.6) is 0 Å². The summed E-state index contributed by atoms with van der Waals surface area (Å²) >= 11 is 0. The molecule has 0 bridgehead atoms. The smallest absolute Gasteiger partial charge is 0.0721 e. The lowest BCUT2D eigenvalue weighted by molar-refractivity contribution is -0.138. The van der Waals surface area contributed by atoms with Gasteiger partial charge in [-0.25, -0.2) is 0 Å². The van der Waals surface area contributed by atoms with Crippen LogP contribution in [0, 0.1) is 5.92 Å². The monoisotopic (exact) mass is 254 g/mol. The molecular weight excluding hydrogens is 224 g/mol. The summed E-state index contributed by atoms with van der Waals surface area (Å²) in [7, 11) is 2.20. The lowest BCUT2D eigenvalue weighted by atomic mass is 9.77. The average Bonchev–Trinajstić information content (AvgIpc) is 2.66. The van der Waals surface area contributed by atoms with Gasteiger partial charge in [-0.2, -0.15) is 0 Å². The van der Waals surface area contributed by atoms with Crippen molar-refractivity contribution in [1.82, 2.24) is 10.2 Å². The maximum absolute atomic E-state index is 6.43. The van der Waals surface area contributed by atoms with Crippen LogP contribution in [0.2, 0.25) is 0 Å². The third-order valence-corrected chi connectivity index (χ3v) is 4.34. The number of likely N-dealkylation sites (N-methyl/N-ethyl adjacent to an activating group) is 1. The zero-order valence-electron chi connectivity index (χ0n) is 12.4. The zero-order valence-corrected chi connectivity index (χ0v) is 12.4. The Morgan fingerprint density at radius 3 is 2.67 bits per heavy atom. The zero-order chi connectivity index (χ0) is 13.0. The molecule has 0 amide bonds. The van der Waals surface area contributed by atoms with E-state index in [9.17, 15) is 0 Å². The molecule has 1 heterocycles. The van der Waals surface area contributed by atoms with Crippen LogP contribution in [0.3, 0.4) is 0 Å². The van der Waals surface area contributed by atoms with Crippen LogP contribution < -0.4 is 5.32 Å². The molecule has 1 aliphatic carbocycles. The van der Waals surface area contributed by atoms with E-state index in [-0.39, 0.29) is 5.60 Å². The third kappa shape index (κ3) is 3.94. The highest BCUT2D eigenvalue weighted by atomic mass is 16.5. The van der Waals surface area contributed by atoms with Gasteiger partial charge >= 0.3 is 0 Å². The fourth-order valence-electron chi connectivity index (χ4n) is 3.05. The molecule has 1 unspecified atom stereocenters. The van der Waals surface area contributed by atoms with Gasteiger partial charge in [-0.05, 0) is 58.2 Å². The Labute approximate surface area is 112 Å². The molecule has 1 atom stereocenters. The number of hydrogen-bond donors (Lipinski definition) is 1. The molecule has 3 nitrogen and oxygen atoms in total. The Balaban J connectivity index is 1.69. The van der Waals surface area contributed by atoms with Gasteiger partial charge in [0.15, 0.2) is 0 Å². The van der Waals surface area contributed by atoms with E-state index in [1.54, 1.807) is 0 Å². The fraction of sp³-hybridized carbons (Fsp3) is 1.00. The molecule has 0 aromatic carbocycles. The molecule has 1 saturated heterocycles. The van der Waals surface area contributed by atoms with Crippen LogP contribution in [0.4, 0.5) is 0 Å².